The van der Waals surface area contributed by atoms with Crippen LogP contribution >= 0.6 is 0 Å². The van der Waals surface area contributed by atoms with Gasteiger partial charge in [-0.1, -0.05) is 66.9 Å². The van der Waals surface area contributed by atoms with E-state index in [1.807, 2.05) is 37.3 Å². The Morgan fingerprint density at radius 2 is 1.65 bits per heavy atom. The number of rotatable bonds is 7. The summed E-state index contributed by atoms with van der Waals surface area (Å²) in [4.78, 5) is 25.5. The van der Waals surface area contributed by atoms with Crippen LogP contribution < -0.4 is 10.5 Å². The largest absolute Gasteiger partial charge is 0.485 e. The van der Waals surface area contributed by atoms with Crippen LogP contribution in [0.1, 0.15) is 86.8 Å². The number of para-hydroxylation sites is 1. The number of carbonyl (C=O) groups excluding carboxylic acids is 2. The Morgan fingerprint density at radius 3 is 2.26 bits per heavy atom. The Kier molecular flexibility index (Phi) is 13.3. The number of benzene rings is 3. The second-order valence-corrected chi connectivity index (χ2v) is 11.7. The van der Waals surface area contributed by atoms with Crippen LogP contribution in [-0.2, 0) is 16.1 Å². The van der Waals surface area contributed by atoms with Gasteiger partial charge in [-0.25, -0.2) is 23.4 Å². The third kappa shape index (κ3) is 11.3. The molecule has 5 rings (SSSR count). The van der Waals surface area contributed by atoms with Gasteiger partial charge < -0.3 is 24.4 Å². The molecule has 2 N–H and O–H groups in total. The summed E-state index contributed by atoms with van der Waals surface area (Å²) in [6, 6.07) is 18.8. The Balaban J connectivity index is 0.000000214. The highest BCUT2D eigenvalue weighted by atomic mass is 19.1. The number of amides is 1. The fraction of sp³-hybridized carbons (Fsp3) is 0.361. The molecule has 1 aliphatic rings. The van der Waals surface area contributed by atoms with Gasteiger partial charge in [-0.2, -0.15) is 0 Å². The standard InChI is InChI=1S/C20H16F2O.C11H15NO3.C5H11NO2/c1-14-10-11-18(21)17(12-14)16-8-5-9-19(22)20(16)23-13-15-6-3-2-4-7-15;1-2-14-11(13)9-7-15-10(12-9)8-5-3-4-6-8;1-5(2,3)8-4(6)7/h2-12H,13H2,1H3;7-8H,2-6H2,1H3;1-3H3,(H2,6,7). The van der Waals surface area contributed by atoms with Crippen molar-refractivity contribution in [2.75, 3.05) is 6.61 Å². The third-order valence-electron chi connectivity index (χ3n) is 6.72. The predicted octanol–water partition coefficient (Wildman–Crippen LogP) is 8.91. The minimum absolute atomic E-state index is 0.0702. The maximum absolute atomic E-state index is 14.2. The SMILES string of the molecule is CC(C)(C)OC(N)=O.CCOC(=O)c1coc(C2CCCC2)n1.Cc1ccc(F)c(-c2cccc(F)c2OCc2ccccc2)c1. The number of nitrogens with zero attached hydrogens (tertiary/aromatic N) is 1. The van der Waals surface area contributed by atoms with Crippen LogP contribution in [-0.4, -0.2) is 29.3 Å². The van der Waals surface area contributed by atoms with Crippen molar-refractivity contribution in [1.29, 1.82) is 0 Å². The highest BCUT2D eigenvalue weighted by Gasteiger charge is 2.23. The molecular weight excluding hydrogens is 594 g/mol. The monoisotopic (exact) mass is 636 g/mol. The van der Waals surface area contributed by atoms with Crippen LogP contribution in [0.15, 0.2) is 77.4 Å². The molecule has 4 aromatic rings. The second kappa shape index (κ2) is 17.1. The average Bonchev–Trinajstić information content (AvgIpc) is 3.71. The lowest BCUT2D eigenvalue weighted by molar-refractivity contribution is 0.0518. The molecule has 3 aromatic carbocycles. The van der Waals surface area contributed by atoms with Crippen molar-refractivity contribution in [1.82, 2.24) is 4.98 Å². The Labute approximate surface area is 268 Å². The molecule has 0 atom stereocenters. The van der Waals surface area contributed by atoms with E-state index in [1.54, 1.807) is 52.0 Å². The van der Waals surface area contributed by atoms with Gasteiger partial charge in [0.05, 0.1) is 6.61 Å². The van der Waals surface area contributed by atoms with Gasteiger partial charge in [-0.3, -0.25) is 0 Å². The number of hydrogen-bond donors (Lipinski definition) is 1. The summed E-state index contributed by atoms with van der Waals surface area (Å²) in [7, 11) is 0. The Bertz CT molecular complexity index is 1560. The molecular formula is C36H42F2N2O6. The van der Waals surface area contributed by atoms with Crippen molar-refractivity contribution >= 4 is 12.1 Å². The van der Waals surface area contributed by atoms with E-state index >= 15 is 0 Å². The van der Waals surface area contributed by atoms with E-state index in [4.69, 9.17) is 19.6 Å². The first-order valence-electron chi connectivity index (χ1n) is 15.2. The van der Waals surface area contributed by atoms with E-state index in [2.05, 4.69) is 9.72 Å². The molecule has 8 nitrogen and oxygen atoms in total. The van der Waals surface area contributed by atoms with Crippen molar-refractivity contribution in [2.45, 2.75) is 78.4 Å². The van der Waals surface area contributed by atoms with Gasteiger partial charge in [-0.15, -0.1) is 0 Å². The molecule has 0 radical (unpaired) electrons. The quantitative estimate of drug-likeness (QED) is 0.202. The molecule has 246 valence electrons. The minimum Gasteiger partial charge on any atom is -0.485 e. The van der Waals surface area contributed by atoms with Gasteiger partial charge in [0.1, 0.15) is 24.3 Å². The smallest absolute Gasteiger partial charge is 0.405 e. The summed E-state index contributed by atoms with van der Waals surface area (Å²) < 4.78 is 48.8. The van der Waals surface area contributed by atoms with Gasteiger partial charge in [0.25, 0.3) is 0 Å². The number of aryl methyl sites for hydroxylation is 1. The molecule has 0 saturated heterocycles. The van der Waals surface area contributed by atoms with Crippen LogP contribution in [0.25, 0.3) is 11.1 Å². The number of halogens is 2. The van der Waals surface area contributed by atoms with E-state index in [0.29, 0.717) is 35.2 Å². The lowest BCUT2D eigenvalue weighted by Crippen LogP contribution is -2.27. The maximum Gasteiger partial charge on any atom is 0.405 e. The summed E-state index contributed by atoms with van der Waals surface area (Å²) in [5.41, 5.74) is 7.14. The number of carbonyl (C=O) groups is 2. The van der Waals surface area contributed by atoms with Crippen LogP contribution in [0.3, 0.4) is 0 Å². The fourth-order valence-corrected chi connectivity index (χ4v) is 4.69. The summed E-state index contributed by atoms with van der Waals surface area (Å²) in [5, 5.41) is 0. The number of esters is 1. The molecule has 10 heteroatoms. The van der Waals surface area contributed by atoms with Gasteiger partial charge in [0.2, 0.25) is 0 Å². The van der Waals surface area contributed by atoms with Crippen molar-refractivity contribution in [2.24, 2.45) is 5.73 Å². The molecule has 1 heterocycles. The van der Waals surface area contributed by atoms with Crippen LogP contribution in [0, 0.1) is 18.6 Å². The van der Waals surface area contributed by atoms with Crippen LogP contribution in [0.2, 0.25) is 0 Å². The first-order chi connectivity index (χ1) is 21.9. The van der Waals surface area contributed by atoms with E-state index in [1.165, 1.54) is 31.2 Å². The fourth-order valence-electron chi connectivity index (χ4n) is 4.69. The van der Waals surface area contributed by atoms with E-state index < -0.39 is 29.3 Å². The molecule has 0 aliphatic heterocycles. The van der Waals surface area contributed by atoms with Crippen LogP contribution in [0.4, 0.5) is 13.6 Å². The third-order valence-corrected chi connectivity index (χ3v) is 6.72. The molecule has 1 aromatic heterocycles. The Morgan fingerprint density at radius 1 is 0.957 bits per heavy atom. The number of hydrogen-bond acceptors (Lipinski definition) is 7. The first-order valence-corrected chi connectivity index (χ1v) is 15.2. The van der Waals surface area contributed by atoms with E-state index in [9.17, 15) is 18.4 Å². The maximum atomic E-state index is 14.2. The lowest BCUT2D eigenvalue weighted by Gasteiger charge is -2.16. The summed E-state index contributed by atoms with van der Waals surface area (Å²) in [5.74, 6) is -0.139. The second-order valence-electron chi connectivity index (χ2n) is 11.7. The van der Waals surface area contributed by atoms with Crippen molar-refractivity contribution in [3.8, 4) is 16.9 Å². The van der Waals surface area contributed by atoms with E-state index in [0.717, 1.165) is 24.0 Å². The van der Waals surface area contributed by atoms with Gasteiger partial charge in [0, 0.05) is 17.0 Å². The molecule has 1 aliphatic carbocycles. The summed E-state index contributed by atoms with van der Waals surface area (Å²) >= 11 is 0. The summed E-state index contributed by atoms with van der Waals surface area (Å²) in [6.07, 6.45) is 5.35. The molecule has 0 spiro atoms. The van der Waals surface area contributed by atoms with Crippen molar-refractivity contribution in [3.63, 3.8) is 0 Å². The van der Waals surface area contributed by atoms with Crippen molar-refractivity contribution < 1.29 is 37.0 Å². The van der Waals surface area contributed by atoms with Gasteiger partial charge in [-0.05, 0) is 71.2 Å². The lowest BCUT2D eigenvalue weighted by atomic mass is 10.0. The molecule has 1 fully saturated rings. The predicted molar refractivity (Wildman–Crippen MR) is 171 cm³/mol. The molecule has 46 heavy (non-hydrogen) atoms. The zero-order valence-corrected chi connectivity index (χ0v) is 27.0. The number of ether oxygens (including phenoxy) is 3. The molecule has 1 saturated carbocycles. The van der Waals surface area contributed by atoms with E-state index in [-0.39, 0.29) is 12.4 Å². The molecule has 0 bridgehead atoms. The normalized spacial score (nSPS) is 12.7. The minimum atomic E-state index is -0.725. The number of oxazole rings is 1. The highest BCUT2D eigenvalue weighted by Crippen LogP contribution is 2.35. The number of primary amides is 1. The molecule has 1 amide bonds. The highest BCUT2D eigenvalue weighted by molar-refractivity contribution is 5.86. The van der Waals surface area contributed by atoms with Crippen LogP contribution in [0.5, 0.6) is 5.75 Å². The summed E-state index contributed by atoms with van der Waals surface area (Å²) in [6.45, 7) is 9.52. The first kappa shape index (κ1) is 35.7. The zero-order chi connectivity index (χ0) is 33.7. The number of aromatic nitrogens is 1. The van der Waals surface area contributed by atoms with Gasteiger partial charge >= 0.3 is 12.1 Å². The number of nitrogens with two attached hydrogens (primary N) is 1. The molecule has 0 unspecified atom stereocenters. The Hall–Kier alpha value is -4.73. The van der Waals surface area contributed by atoms with Gasteiger partial charge in [0.15, 0.2) is 23.2 Å². The van der Waals surface area contributed by atoms with Crippen molar-refractivity contribution in [3.05, 3.63) is 107 Å². The zero-order valence-electron chi connectivity index (χ0n) is 27.0. The average molecular weight is 637 g/mol. The topological polar surface area (TPSA) is 114 Å².